The van der Waals surface area contributed by atoms with Crippen LogP contribution in [0.5, 0.6) is 5.75 Å². The topological polar surface area (TPSA) is 38.3 Å². The lowest BCUT2D eigenvalue weighted by Crippen LogP contribution is -2.52. The predicted octanol–water partition coefficient (Wildman–Crippen LogP) is 6.82. The van der Waals surface area contributed by atoms with Gasteiger partial charge in [-0.15, -0.1) is 0 Å². The van der Waals surface area contributed by atoms with Crippen molar-refractivity contribution in [1.29, 1.82) is 0 Å². The molecule has 1 N–H and O–H groups in total. The molecule has 0 heterocycles. The molecule has 0 radical (unpaired) electrons. The lowest BCUT2D eigenvalue weighted by atomic mass is 9.83. The molecule has 2 unspecified atom stereocenters. The van der Waals surface area contributed by atoms with Crippen LogP contribution < -0.4 is 10.1 Å². The predicted molar refractivity (Wildman–Crippen MR) is 122 cm³/mol. The van der Waals surface area contributed by atoms with Crippen molar-refractivity contribution in [2.24, 2.45) is 11.8 Å². The van der Waals surface area contributed by atoms with E-state index in [1.165, 1.54) is 5.56 Å². The summed E-state index contributed by atoms with van der Waals surface area (Å²) in [7, 11) is 0. The maximum absolute atomic E-state index is 13.0. The zero-order valence-electron chi connectivity index (χ0n) is 17.4. The highest BCUT2D eigenvalue weighted by molar-refractivity contribution is 6.34. The molecule has 0 aliphatic rings. The van der Waals surface area contributed by atoms with Gasteiger partial charge in [-0.05, 0) is 74.9 Å². The highest BCUT2D eigenvalue weighted by atomic mass is 35.5. The van der Waals surface area contributed by atoms with Gasteiger partial charge >= 0.3 is 0 Å². The molecule has 158 valence electrons. The molecule has 0 bridgehead atoms. The van der Waals surface area contributed by atoms with Gasteiger partial charge in [-0.3, -0.25) is 4.79 Å². The molecule has 0 aromatic heterocycles. The van der Waals surface area contributed by atoms with Gasteiger partial charge in [-0.2, -0.15) is 0 Å². The van der Waals surface area contributed by atoms with Crippen LogP contribution in [0.3, 0.4) is 0 Å². The van der Waals surface area contributed by atoms with Gasteiger partial charge in [0.15, 0.2) is 5.60 Å². The van der Waals surface area contributed by atoms with E-state index < -0.39 is 5.60 Å². The fraction of sp³-hybridized carbons (Fsp3) is 0.435. The van der Waals surface area contributed by atoms with Crippen LogP contribution >= 0.6 is 34.8 Å². The Morgan fingerprint density at radius 3 is 2.03 bits per heavy atom. The number of hydrogen-bond donors (Lipinski definition) is 1. The van der Waals surface area contributed by atoms with E-state index in [0.717, 1.165) is 11.4 Å². The van der Waals surface area contributed by atoms with Crippen molar-refractivity contribution in [2.45, 2.75) is 52.7 Å². The molecular weight excluding hydrogens is 429 g/mol. The number of nitrogens with one attached hydrogen (secondary N) is 1. The minimum absolute atomic E-state index is 0.0380. The van der Waals surface area contributed by atoms with Gasteiger partial charge < -0.3 is 10.1 Å². The van der Waals surface area contributed by atoms with E-state index in [-0.39, 0.29) is 17.9 Å². The zero-order chi connectivity index (χ0) is 21.8. The van der Waals surface area contributed by atoms with E-state index in [1.54, 1.807) is 32.0 Å². The third-order valence-electron chi connectivity index (χ3n) is 5.00. The van der Waals surface area contributed by atoms with E-state index in [4.69, 9.17) is 39.5 Å². The van der Waals surface area contributed by atoms with Gasteiger partial charge in [0.25, 0.3) is 5.91 Å². The van der Waals surface area contributed by atoms with Crippen LogP contribution in [0, 0.1) is 11.8 Å². The molecule has 29 heavy (non-hydrogen) atoms. The molecule has 2 aromatic carbocycles. The number of benzene rings is 2. The quantitative estimate of drug-likeness (QED) is 0.473. The largest absolute Gasteiger partial charge is 0.478 e. The minimum atomic E-state index is -1.08. The van der Waals surface area contributed by atoms with Crippen molar-refractivity contribution < 1.29 is 9.53 Å². The Labute approximate surface area is 188 Å². The minimum Gasteiger partial charge on any atom is -0.478 e. The van der Waals surface area contributed by atoms with E-state index in [0.29, 0.717) is 21.7 Å². The second-order valence-corrected chi connectivity index (χ2v) is 9.53. The number of hydrogen-bond acceptors (Lipinski definition) is 2. The molecule has 0 spiro atoms. The smallest absolute Gasteiger partial charge is 0.263 e. The fourth-order valence-electron chi connectivity index (χ4n) is 3.30. The number of ether oxygens (including phenoxy) is 1. The molecule has 0 aliphatic carbocycles. The van der Waals surface area contributed by atoms with E-state index in [1.807, 2.05) is 31.2 Å². The number of carbonyl (C=O) groups excluding carboxylic acids is 1. The molecule has 3 nitrogen and oxygen atoms in total. The average Bonchev–Trinajstić information content (AvgIpc) is 2.59. The first-order valence-corrected chi connectivity index (χ1v) is 10.8. The Balaban J connectivity index is 2.07. The number of halogens is 3. The van der Waals surface area contributed by atoms with Gasteiger partial charge in [0.2, 0.25) is 0 Å². The van der Waals surface area contributed by atoms with Crippen molar-refractivity contribution in [1.82, 2.24) is 5.32 Å². The molecule has 0 saturated heterocycles. The summed E-state index contributed by atoms with van der Waals surface area (Å²) in [6, 6.07) is 12.7. The molecular formula is C23H28Cl3NO2. The van der Waals surface area contributed by atoms with Crippen LogP contribution in [-0.4, -0.2) is 17.6 Å². The molecule has 6 heteroatoms. The molecule has 2 atom stereocenters. The zero-order valence-corrected chi connectivity index (χ0v) is 19.7. The summed E-state index contributed by atoms with van der Waals surface area (Å²) in [5.74, 6) is 0.910. The molecule has 2 aromatic rings. The Morgan fingerprint density at radius 2 is 1.52 bits per heavy atom. The summed E-state index contributed by atoms with van der Waals surface area (Å²) in [4.78, 5) is 13.0. The lowest BCUT2D eigenvalue weighted by Gasteiger charge is -2.32. The van der Waals surface area contributed by atoms with E-state index in [2.05, 4.69) is 19.2 Å². The first-order chi connectivity index (χ1) is 13.5. The summed E-state index contributed by atoms with van der Waals surface area (Å²) in [5.41, 5.74) is 0.114. The lowest BCUT2D eigenvalue weighted by molar-refractivity contribution is -0.135. The Kier molecular flexibility index (Phi) is 8.28. The molecule has 0 aliphatic heterocycles. The number of amides is 1. The average molecular weight is 457 g/mol. The summed E-state index contributed by atoms with van der Waals surface area (Å²) in [6.07, 6.45) is 0.849. The van der Waals surface area contributed by atoms with Crippen LogP contribution in [0.25, 0.3) is 0 Å². The van der Waals surface area contributed by atoms with Gasteiger partial charge in [-0.25, -0.2) is 0 Å². The Morgan fingerprint density at radius 1 is 0.966 bits per heavy atom. The number of carbonyl (C=O) groups is 1. The Hall–Kier alpha value is -1.42. The monoisotopic (exact) mass is 455 g/mol. The van der Waals surface area contributed by atoms with E-state index >= 15 is 0 Å². The highest BCUT2D eigenvalue weighted by Crippen LogP contribution is 2.28. The van der Waals surface area contributed by atoms with Crippen LogP contribution in [0.1, 0.15) is 40.2 Å². The molecule has 2 rings (SSSR count). The van der Waals surface area contributed by atoms with Gasteiger partial charge in [-0.1, -0.05) is 60.8 Å². The van der Waals surface area contributed by atoms with Crippen molar-refractivity contribution in [3.05, 3.63) is 63.1 Å². The maximum Gasteiger partial charge on any atom is 0.263 e. The van der Waals surface area contributed by atoms with Gasteiger partial charge in [0.1, 0.15) is 5.75 Å². The van der Waals surface area contributed by atoms with Crippen molar-refractivity contribution in [3.8, 4) is 5.75 Å². The molecule has 0 fully saturated rings. The Bertz CT molecular complexity index is 814. The molecule has 1 amide bonds. The van der Waals surface area contributed by atoms with Crippen molar-refractivity contribution in [3.63, 3.8) is 0 Å². The normalized spacial score (nSPS) is 13.8. The first kappa shape index (κ1) is 23.9. The van der Waals surface area contributed by atoms with Crippen molar-refractivity contribution >= 4 is 40.7 Å². The maximum atomic E-state index is 13.0. The van der Waals surface area contributed by atoms with Crippen LogP contribution in [0.4, 0.5) is 0 Å². The second kappa shape index (κ2) is 10.1. The second-order valence-electron chi connectivity index (χ2n) is 8.22. The van der Waals surface area contributed by atoms with E-state index in [9.17, 15) is 4.79 Å². The summed E-state index contributed by atoms with van der Waals surface area (Å²) in [6.45, 7) is 9.82. The highest BCUT2D eigenvalue weighted by Gasteiger charge is 2.33. The van der Waals surface area contributed by atoms with Crippen LogP contribution in [0.15, 0.2) is 42.5 Å². The third-order valence-corrected chi connectivity index (χ3v) is 5.69. The standard InChI is InChI=1S/C23H28Cl3NO2/c1-14(2)21(10-16-6-8-17(24)9-7-16)15(3)27-22(28)23(4,5)29-20-12-18(25)11-19(26)13-20/h6-9,11-15,21H,10H2,1-5H3,(H,27,28). The summed E-state index contributed by atoms with van der Waals surface area (Å²) < 4.78 is 5.90. The fourth-order valence-corrected chi connectivity index (χ4v) is 3.93. The SMILES string of the molecule is CC(C)C(Cc1ccc(Cl)cc1)C(C)NC(=O)C(C)(C)Oc1cc(Cl)cc(Cl)c1. The molecule has 0 saturated carbocycles. The van der Waals surface area contributed by atoms with Gasteiger partial charge in [0, 0.05) is 21.1 Å². The summed E-state index contributed by atoms with van der Waals surface area (Å²) >= 11 is 18.1. The van der Waals surface area contributed by atoms with Crippen LogP contribution in [-0.2, 0) is 11.2 Å². The number of rotatable bonds is 8. The van der Waals surface area contributed by atoms with Crippen molar-refractivity contribution in [2.75, 3.05) is 0 Å². The first-order valence-electron chi connectivity index (χ1n) is 9.68. The van der Waals surface area contributed by atoms with Crippen LogP contribution in [0.2, 0.25) is 15.1 Å². The third kappa shape index (κ3) is 7.09. The summed E-state index contributed by atoms with van der Waals surface area (Å²) in [5, 5.41) is 4.76. The van der Waals surface area contributed by atoms with Gasteiger partial charge in [0.05, 0.1) is 0 Å².